The van der Waals surface area contributed by atoms with Gasteiger partial charge in [0, 0.05) is 38.8 Å². The normalized spacial score (nSPS) is 12.6. The average Bonchev–Trinajstić information content (AvgIpc) is 4.28. The van der Waals surface area contributed by atoms with Gasteiger partial charge >= 0.3 is 0 Å². The summed E-state index contributed by atoms with van der Waals surface area (Å²) < 4.78 is 14.7. The maximum Gasteiger partial charge on any atom is 0.197 e. The Balaban J connectivity index is 0.000000480. The molecule has 18 heteroatoms. The van der Waals surface area contributed by atoms with Crippen LogP contribution < -0.4 is 0 Å². The molecule has 8 rings (SSSR count). The topological polar surface area (TPSA) is 206 Å². The van der Waals surface area contributed by atoms with E-state index in [1.165, 1.54) is 54.1 Å². The van der Waals surface area contributed by atoms with Crippen LogP contribution in [0.3, 0.4) is 0 Å². The van der Waals surface area contributed by atoms with Crippen LogP contribution in [-0.2, 0) is 0 Å². The number of allylic oxidation sites excluding steroid dienone is 1. The van der Waals surface area contributed by atoms with Gasteiger partial charge in [-0.25, -0.2) is 19.9 Å². The van der Waals surface area contributed by atoms with Crippen LogP contribution in [0.5, 0.6) is 0 Å². The van der Waals surface area contributed by atoms with Crippen LogP contribution in [0.2, 0.25) is 0 Å². The molecule has 84 heavy (non-hydrogen) atoms. The first-order chi connectivity index (χ1) is 38.9. The predicted molar refractivity (Wildman–Crippen MR) is 352 cm³/mol. The number of aryl methyl sites for hydroxylation is 11. The molecule has 0 saturated carbocycles. The van der Waals surface area contributed by atoms with Gasteiger partial charge in [0.25, 0.3) is 0 Å². The number of rotatable bonds is 8. The summed E-state index contributed by atoms with van der Waals surface area (Å²) in [5, 5.41) is 32.6. The number of aromatic nitrogens is 13. The van der Waals surface area contributed by atoms with Crippen molar-refractivity contribution >= 4 is 28.6 Å². The highest BCUT2D eigenvalue weighted by Crippen LogP contribution is 2.26. The molecule has 0 radical (unpaired) electrons. The quantitative estimate of drug-likeness (QED) is 0.139. The fraction of sp³-hybridized carbons (Fsp3) is 0.636. The molecule has 1 unspecified atom stereocenters. The van der Waals surface area contributed by atoms with Crippen molar-refractivity contribution in [2.45, 2.75) is 276 Å². The van der Waals surface area contributed by atoms with E-state index in [1.807, 2.05) is 80.6 Å². The lowest BCUT2D eigenvalue weighted by Crippen LogP contribution is -2.06. The number of nitrogens with zero attached hydrogens (tertiary/aromatic N) is 14. The molecule has 7 aromatic heterocycles. The molecular formula is C66H108N14O2S2. The zero-order valence-electron chi connectivity index (χ0n) is 58.1. The Morgan fingerprint density at radius 1 is 0.405 bits per heavy atom. The van der Waals surface area contributed by atoms with E-state index in [-0.39, 0.29) is 0 Å². The molecule has 0 N–H and O–H groups in total. The summed E-state index contributed by atoms with van der Waals surface area (Å²) in [6.07, 6.45) is 0. The Morgan fingerprint density at radius 2 is 0.976 bits per heavy atom. The van der Waals surface area contributed by atoms with Crippen LogP contribution in [0.15, 0.2) is 25.1 Å². The third-order valence-corrected chi connectivity index (χ3v) is 16.3. The molecular weight excluding hydrogens is 1080 g/mol. The number of oxazole rings is 1. The van der Waals surface area contributed by atoms with Gasteiger partial charge in [0.1, 0.15) is 17.3 Å². The van der Waals surface area contributed by atoms with E-state index < -0.39 is 0 Å². The molecule has 0 saturated heterocycles. The Morgan fingerprint density at radius 3 is 1.27 bits per heavy atom. The summed E-state index contributed by atoms with van der Waals surface area (Å²) in [6.45, 7) is 68.6. The van der Waals surface area contributed by atoms with E-state index >= 15 is 0 Å². The van der Waals surface area contributed by atoms with E-state index in [4.69, 9.17) is 8.94 Å². The first-order valence-electron chi connectivity index (χ1n) is 29.9. The van der Waals surface area contributed by atoms with Crippen molar-refractivity contribution in [2.24, 2.45) is 10.9 Å². The SMILES string of the molecule is CC1=C(C)C(C)N=C1C(C)C.Cc1nc(C(C)C)oc1C.Cc1nc(C(C)C)sc1C.Cc1nnc(C(C)C)c(C)n1.Cc1nnc(C(C)C)nc1C.Cc1nnnc(C(C)C)c1C.Cc1onc(C(C)C)c1C.Cc1snc(C(C)C)c1C. The maximum absolute atomic E-state index is 5.36. The predicted octanol–water partition coefficient (Wildman–Crippen LogP) is 18.3. The fourth-order valence-corrected chi connectivity index (χ4v) is 9.48. The van der Waals surface area contributed by atoms with Crippen LogP contribution in [0.4, 0.5) is 0 Å². The van der Waals surface area contributed by atoms with Gasteiger partial charge in [-0.05, 0) is 186 Å². The van der Waals surface area contributed by atoms with Crippen LogP contribution in [0.25, 0.3) is 0 Å². The molecule has 0 spiro atoms. The highest BCUT2D eigenvalue weighted by Gasteiger charge is 2.20. The molecule has 0 fully saturated rings. The highest BCUT2D eigenvalue weighted by molar-refractivity contribution is 7.11. The Bertz CT molecular complexity index is 3010. The lowest BCUT2D eigenvalue weighted by atomic mass is 9.99. The number of aliphatic imine (C=N–C) groups is 1. The number of hydrogen-bond donors (Lipinski definition) is 0. The largest absolute Gasteiger partial charge is 0.445 e. The fourth-order valence-electron chi connectivity index (χ4n) is 7.73. The minimum atomic E-state index is 0.363. The summed E-state index contributed by atoms with van der Waals surface area (Å²) in [6, 6.07) is 0.424. The monoisotopic (exact) mass is 1190 g/mol. The molecule has 0 bridgehead atoms. The molecule has 0 aromatic carbocycles. The van der Waals surface area contributed by atoms with E-state index in [0.29, 0.717) is 53.4 Å². The second-order valence-electron chi connectivity index (χ2n) is 24.2. The molecule has 0 aliphatic carbocycles. The van der Waals surface area contributed by atoms with Crippen molar-refractivity contribution in [3.05, 3.63) is 129 Å². The zero-order chi connectivity index (χ0) is 64.8. The molecule has 1 aliphatic heterocycles. The molecule has 8 heterocycles. The molecule has 7 aromatic rings. The van der Waals surface area contributed by atoms with Crippen molar-refractivity contribution in [1.82, 2.24) is 65.3 Å². The van der Waals surface area contributed by atoms with Crippen molar-refractivity contribution in [2.75, 3.05) is 0 Å². The first kappa shape index (κ1) is 76.1. The van der Waals surface area contributed by atoms with Gasteiger partial charge in [-0.2, -0.15) is 14.6 Å². The molecule has 466 valence electrons. The van der Waals surface area contributed by atoms with Crippen LogP contribution >= 0.6 is 22.9 Å². The van der Waals surface area contributed by atoms with Crippen LogP contribution in [0, 0.1) is 103 Å². The van der Waals surface area contributed by atoms with Crippen molar-refractivity contribution in [1.29, 1.82) is 0 Å². The Labute approximate surface area is 515 Å². The summed E-state index contributed by atoms with van der Waals surface area (Å²) in [7, 11) is 0. The van der Waals surface area contributed by atoms with Crippen molar-refractivity contribution in [3.8, 4) is 0 Å². The second kappa shape index (κ2) is 36.2. The Hall–Kier alpha value is -5.88. The summed E-state index contributed by atoms with van der Waals surface area (Å²) in [4.78, 5) is 24.5. The third kappa shape index (κ3) is 24.6. The van der Waals surface area contributed by atoms with E-state index in [9.17, 15) is 0 Å². The number of hydrogen-bond acceptors (Lipinski definition) is 18. The number of thiazole rings is 1. The van der Waals surface area contributed by atoms with Gasteiger partial charge in [-0.3, -0.25) is 4.99 Å². The van der Waals surface area contributed by atoms with E-state index in [0.717, 1.165) is 80.2 Å². The standard InChI is InChI=1S/C10H17N.3C8H13N3.2C8H13NO.2C8H13NS/c1-6(2)10-8(4)7(3)9(5)11-10;1-5(2)8-6(3)9-7(4)10-11-8;1-5(2)8-9-6(3)7(4)10-11-8;1-5(2)8-6(3)7(4)9-11-10-8;1-5(2)8-9-6(3)7(4)10-8;1-5(2)8-6(3)7(4)10-9-8;1-5(2)8-9-6(3)7(4)10-8;1-5(2)8-6(3)7(4)10-9-8/h6,9H,1-5H3;3*5H,1-4H3;4*5H,1-4H3. The van der Waals surface area contributed by atoms with Gasteiger partial charge < -0.3 is 8.94 Å². The second-order valence-corrected chi connectivity index (χ2v) is 26.4. The minimum absolute atomic E-state index is 0.363. The lowest BCUT2D eigenvalue weighted by molar-refractivity contribution is 0.387. The van der Waals surface area contributed by atoms with Gasteiger partial charge in [0.05, 0.1) is 68.0 Å². The highest BCUT2D eigenvalue weighted by atomic mass is 32.1. The summed E-state index contributed by atoms with van der Waals surface area (Å²) >= 11 is 3.42. The van der Waals surface area contributed by atoms with Gasteiger partial charge in [0.15, 0.2) is 11.7 Å². The molecule has 1 aliphatic rings. The molecule has 0 amide bonds. The third-order valence-electron chi connectivity index (χ3n) is 14.0. The summed E-state index contributed by atoms with van der Waals surface area (Å²) in [5.41, 5.74) is 18.3. The van der Waals surface area contributed by atoms with Crippen molar-refractivity contribution < 1.29 is 8.94 Å². The summed E-state index contributed by atoms with van der Waals surface area (Å²) in [5.74, 6) is 8.09. The van der Waals surface area contributed by atoms with E-state index in [2.05, 4.69) is 230 Å². The van der Waals surface area contributed by atoms with Crippen molar-refractivity contribution in [3.63, 3.8) is 0 Å². The van der Waals surface area contributed by atoms with E-state index in [1.54, 1.807) is 11.5 Å². The maximum atomic E-state index is 5.36. The average molecular weight is 1190 g/mol. The Kier molecular flexibility index (Phi) is 32.8. The van der Waals surface area contributed by atoms with Crippen LogP contribution in [0.1, 0.15) is 290 Å². The smallest absolute Gasteiger partial charge is 0.197 e. The van der Waals surface area contributed by atoms with Gasteiger partial charge in [-0.15, -0.1) is 31.7 Å². The minimum Gasteiger partial charge on any atom is -0.445 e. The molecule has 16 nitrogen and oxygen atoms in total. The zero-order valence-corrected chi connectivity index (χ0v) is 59.7. The van der Waals surface area contributed by atoms with Crippen LogP contribution in [-0.4, -0.2) is 77.0 Å². The molecule has 1 atom stereocenters. The first-order valence-corrected chi connectivity index (χ1v) is 31.5. The lowest BCUT2D eigenvalue weighted by Gasteiger charge is -2.06. The van der Waals surface area contributed by atoms with Gasteiger partial charge in [0.2, 0.25) is 0 Å². The van der Waals surface area contributed by atoms with Gasteiger partial charge in [-0.1, -0.05) is 116 Å².